The van der Waals surface area contributed by atoms with Crippen molar-refractivity contribution in [2.45, 2.75) is 39.5 Å². The van der Waals surface area contributed by atoms with Gasteiger partial charge < -0.3 is 15.5 Å². The predicted molar refractivity (Wildman–Crippen MR) is 92.0 cm³/mol. The number of aryl methyl sites for hydroxylation is 1. The Kier molecular flexibility index (Phi) is 4.30. The minimum absolute atomic E-state index is 0.115. The topological polar surface area (TPSA) is 78.5 Å². The molecule has 1 aromatic rings. The van der Waals surface area contributed by atoms with Crippen LogP contribution in [0.3, 0.4) is 0 Å². The SMILES string of the molecule is CC(C)CNC(=O)C(=O)Nc1cc2c3c(c1)[C@H](C)C(=O)N3CCC2. The van der Waals surface area contributed by atoms with Crippen molar-refractivity contribution < 1.29 is 14.4 Å². The predicted octanol–water partition coefficient (Wildman–Crippen LogP) is 1.79. The van der Waals surface area contributed by atoms with Gasteiger partial charge >= 0.3 is 11.8 Å². The highest BCUT2D eigenvalue weighted by molar-refractivity contribution is 6.39. The summed E-state index contributed by atoms with van der Waals surface area (Å²) in [4.78, 5) is 38.1. The number of nitrogens with zero attached hydrogens (tertiary/aromatic N) is 1. The van der Waals surface area contributed by atoms with Crippen molar-refractivity contribution in [2.24, 2.45) is 5.92 Å². The van der Waals surface area contributed by atoms with Crippen LogP contribution < -0.4 is 15.5 Å². The van der Waals surface area contributed by atoms with Crippen LogP contribution in [0.4, 0.5) is 11.4 Å². The van der Waals surface area contributed by atoms with Crippen LogP contribution in [-0.4, -0.2) is 30.8 Å². The van der Waals surface area contributed by atoms with Crippen molar-refractivity contribution in [3.05, 3.63) is 23.3 Å². The van der Waals surface area contributed by atoms with Gasteiger partial charge in [-0.3, -0.25) is 14.4 Å². The number of rotatable bonds is 3. The minimum Gasteiger partial charge on any atom is -0.348 e. The lowest BCUT2D eigenvalue weighted by atomic mass is 9.96. The molecule has 0 radical (unpaired) electrons. The monoisotopic (exact) mass is 329 g/mol. The van der Waals surface area contributed by atoms with Crippen LogP contribution in [0.2, 0.25) is 0 Å². The summed E-state index contributed by atoms with van der Waals surface area (Å²) in [6.07, 6.45) is 1.79. The van der Waals surface area contributed by atoms with Crippen LogP contribution in [-0.2, 0) is 20.8 Å². The molecule has 3 amide bonds. The summed E-state index contributed by atoms with van der Waals surface area (Å²) in [6.45, 7) is 7.03. The Labute approximate surface area is 141 Å². The summed E-state index contributed by atoms with van der Waals surface area (Å²) in [5, 5.41) is 5.27. The number of hydrogen-bond acceptors (Lipinski definition) is 3. The first-order valence-electron chi connectivity index (χ1n) is 8.46. The number of carbonyl (C=O) groups is 3. The van der Waals surface area contributed by atoms with Crippen LogP contribution in [0.15, 0.2) is 12.1 Å². The molecule has 0 aromatic heterocycles. The van der Waals surface area contributed by atoms with Crippen molar-refractivity contribution >= 4 is 29.1 Å². The van der Waals surface area contributed by atoms with Gasteiger partial charge in [0.2, 0.25) is 5.91 Å². The van der Waals surface area contributed by atoms with Crippen molar-refractivity contribution in [1.29, 1.82) is 0 Å². The number of amides is 3. The van der Waals surface area contributed by atoms with Crippen molar-refractivity contribution in [3.8, 4) is 0 Å². The van der Waals surface area contributed by atoms with Gasteiger partial charge in [0.25, 0.3) is 0 Å². The van der Waals surface area contributed by atoms with Gasteiger partial charge in [-0.15, -0.1) is 0 Å². The van der Waals surface area contributed by atoms with Crippen molar-refractivity contribution in [2.75, 3.05) is 23.3 Å². The Morgan fingerprint density at radius 2 is 2.04 bits per heavy atom. The smallest absolute Gasteiger partial charge is 0.313 e. The molecule has 24 heavy (non-hydrogen) atoms. The third-order valence-electron chi connectivity index (χ3n) is 4.55. The fourth-order valence-electron chi connectivity index (χ4n) is 3.33. The molecule has 0 aliphatic carbocycles. The summed E-state index contributed by atoms with van der Waals surface area (Å²) in [7, 11) is 0. The Hall–Kier alpha value is -2.37. The maximum Gasteiger partial charge on any atom is 0.313 e. The van der Waals surface area contributed by atoms with Crippen molar-refractivity contribution in [3.63, 3.8) is 0 Å². The maximum atomic E-state index is 12.3. The van der Waals surface area contributed by atoms with E-state index in [2.05, 4.69) is 10.6 Å². The molecule has 0 bridgehead atoms. The number of benzene rings is 1. The van der Waals surface area contributed by atoms with Gasteiger partial charge in [-0.05, 0) is 48.9 Å². The minimum atomic E-state index is -0.674. The third kappa shape index (κ3) is 2.88. The lowest BCUT2D eigenvalue weighted by Crippen LogP contribution is -2.37. The normalized spacial score (nSPS) is 18.6. The standard InChI is InChI=1S/C18H23N3O3/c1-10(2)9-19-16(22)17(23)20-13-7-12-5-4-6-21-15(12)14(8-13)11(3)18(21)24/h7-8,10-11H,4-6,9H2,1-3H3,(H,19,22)(H,20,23)/t11-/m0/s1. The van der Waals surface area contributed by atoms with Crippen LogP contribution in [0, 0.1) is 5.92 Å². The molecule has 0 unspecified atom stereocenters. The Balaban J connectivity index is 1.80. The van der Waals surface area contributed by atoms with Gasteiger partial charge in [-0.1, -0.05) is 13.8 Å². The zero-order chi connectivity index (χ0) is 17.4. The second-order valence-corrected chi connectivity index (χ2v) is 6.95. The Morgan fingerprint density at radius 3 is 2.75 bits per heavy atom. The van der Waals surface area contributed by atoms with E-state index < -0.39 is 11.8 Å². The first-order valence-corrected chi connectivity index (χ1v) is 8.46. The molecule has 2 N–H and O–H groups in total. The second-order valence-electron chi connectivity index (χ2n) is 6.95. The molecular formula is C18H23N3O3. The number of hydrogen-bond donors (Lipinski definition) is 2. The summed E-state index contributed by atoms with van der Waals surface area (Å²) in [6, 6.07) is 3.70. The van der Waals surface area contributed by atoms with Gasteiger partial charge in [-0.2, -0.15) is 0 Å². The fourth-order valence-corrected chi connectivity index (χ4v) is 3.33. The molecule has 2 heterocycles. The molecule has 2 aliphatic heterocycles. The van der Waals surface area contributed by atoms with Gasteiger partial charge in [0, 0.05) is 18.8 Å². The average Bonchev–Trinajstić information content (AvgIpc) is 2.79. The molecule has 1 atom stereocenters. The first-order chi connectivity index (χ1) is 11.4. The highest BCUT2D eigenvalue weighted by atomic mass is 16.2. The van der Waals surface area contributed by atoms with Gasteiger partial charge in [-0.25, -0.2) is 0 Å². The Morgan fingerprint density at radius 1 is 1.29 bits per heavy atom. The zero-order valence-electron chi connectivity index (χ0n) is 14.3. The quantitative estimate of drug-likeness (QED) is 0.830. The summed E-state index contributed by atoms with van der Waals surface area (Å²) >= 11 is 0. The molecule has 1 aromatic carbocycles. The zero-order valence-corrected chi connectivity index (χ0v) is 14.3. The molecule has 6 heteroatoms. The highest BCUT2D eigenvalue weighted by Gasteiger charge is 2.38. The molecule has 2 aliphatic rings. The number of nitrogens with one attached hydrogen (secondary N) is 2. The van der Waals surface area contributed by atoms with E-state index in [4.69, 9.17) is 0 Å². The van der Waals surface area contributed by atoms with Gasteiger partial charge in [0.05, 0.1) is 11.6 Å². The van der Waals surface area contributed by atoms with E-state index >= 15 is 0 Å². The molecule has 0 fully saturated rings. The van der Waals surface area contributed by atoms with E-state index in [1.54, 1.807) is 0 Å². The van der Waals surface area contributed by atoms with E-state index in [0.717, 1.165) is 36.2 Å². The molecule has 3 rings (SSSR count). The van der Waals surface area contributed by atoms with Crippen LogP contribution in [0.5, 0.6) is 0 Å². The van der Waals surface area contributed by atoms with E-state index in [1.807, 2.05) is 37.8 Å². The van der Waals surface area contributed by atoms with Crippen LogP contribution >= 0.6 is 0 Å². The molecule has 6 nitrogen and oxygen atoms in total. The largest absolute Gasteiger partial charge is 0.348 e. The summed E-state index contributed by atoms with van der Waals surface area (Å²) in [5.74, 6) is -1.12. The maximum absolute atomic E-state index is 12.3. The average molecular weight is 329 g/mol. The Bertz CT molecular complexity index is 712. The fraction of sp³-hybridized carbons (Fsp3) is 0.500. The molecule has 0 spiro atoms. The number of anilines is 2. The number of carbonyl (C=O) groups excluding carboxylic acids is 3. The van der Waals surface area contributed by atoms with Crippen molar-refractivity contribution in [1.82, 2.24) is 5.32 Å². The summed E-state index contributed by atoms with van der Waals surface area (Å²) < 4.78 is 0. The lowest BCUT2D eigenvalue weighted by molar-refractivity contribution is -0.136. The van der Waals surface area contributed by atoms with Gasteiger partial charge in [0.1, 0.15) is 0 Å². The van der Waals surface area contributed by atoms with E-state index in [9.17, 15) is 14.4 Å². The van der Waals surface area contributed by atoms with Crippen LogP contribution in [0.1, 0.15) is 44.2 Å². The third-order valence-corrected chi connectivity index (χ3v) is 4.55. The first kappa shape index (κ1) is 16.5. The van der Waals surface area contributed by atoms with E-state index in [1.165, 1.54) is 0 Å². The lowest BCUT2D eigenvalue weighted by Gasteiger charge is -2.26. The van der Waals surface area contributed by atoms with E-state index in [-0.39, 0.29) is 17.7 Å². The van der Waals surface area contributed by atoms with Gasteiger partial charge in [0.15, 0.2) is 0 Å². The second kappa shape index (κ2) is 6.26. The molecule has 0 saturated carbocycles. The molecule has 128 valence electrons. The van der Waals surface area contributed by atoms with Crippen LogP contribution in [0.25, 0.3) is 0 Å². The highest BCUT2D eigenvalue weighted by Crippen LogP contribution is 2.44. The summed E-state index contributed by atoms with van der Waals surface area (Å²) in [5.41, 5.74) is 3.59. The van der Waals surface area contributed by atoms with E-state index in [0.29, 0.717) is 12.2 Å². The molecular weight excluding hydrogens is 306 g/mol. The molecule has 0 saturated heterocycles.